The van der Waals surface area contributed by atoms with Crippen LogP contribution in [0.25, 0.3) is 0 Å². The largest absolute Gasteiger partial charge is 0.395 e. The van der Waals surface area contributed by atoms with E-state index in [1.807, 2.05) is 6.92 Å². The van der Waals surface area contributed by atoms with Crippen molar-refractivity contribution in [1.29, 1.82) is 0 Å². The maximum Gasteiger partial charge on any atom is 0.246 e. The van der Waals surface area contributed by atoms with Crippen LogP contribution in [0.1, 0.15) is 52.9 Å². The number of allylic oxidation sites excluding steroid dienone is 1. The Bertz CT molecular complexity index is 678. The van der Waals surface area contributed by atoms with Gasteiger partial charge in [0.2, 0.25) is 5.91 Å². The van der Waals surface area contributed by atoms with Crippen LogP contribution in [-0.2, 0) is 9.59 Å². The van der Waals surface area contributed by atoms with Gasteiger partial charge in [-0.3, -0.25) is 4.79 Å². The van der Waals surface area contributed by atoms with Crippen molar-refractivity contribution in [3.05, 3.63) is 11.6 Å². The predicted octanol–water partition coefficient (Wildman–Crippen LogP) is 1.77. The molecule has 8 atom stereocenters. The van der Waals surface area contributed by atoms with E-state index < -0.39 is 17.6 Å². The third-order valence-corrected chi connectivity index (χ3v) is 8.74. The van der Waals surface area contributed by atoms with Gasteiger partial charge >= 0.3 is 0 Å². The van der Waals surface area contributed by atoms with Gasteiger partial charge in [0.1, 0.15) is 6.29 Å². The van der Waals surface area contributed by atoms with Crippen molar-refractivity contribution in [2.75, 3.05) is 20.2 Å². The van der Waals surface area contributed by atoms with Crippen molar-refractivity contribution < 1.29 is 24.9 Å². The summed E-state index contributed by atoms with van der Waals surface area (Å²) in [5.41, 5.74) is 0.147. The molecule has 3 N–H and O–H groups in total. The van der Waals surface area contributed by atoms with Gasteiger partial charge in [0.05, 0.1) is 24.2 Å². The summed E-state index contributed by atoms with van der Waals surface area (Å²) >= 11 is 0. The van der Waals surface area contributed by atoms with Crippen molar-refractivity contribution in [3.8, 4) is 0 Å². The number of hydrogen-bond acceptors (Lipinski definition) is 5. The Morgan fingerprint density at radius 2 is 1.97 bits per heavy atom. The fourth-order valence-corrected chi connectivity index (χ4v) is 6.84. The molecule has 6 nitrogen and oxygen atoms in total. The van der Waals surface area contributed by atoms with E-state index >= 15 is 0 Å². The Balaban J connectivity index is 1.88. The first-order valence-electron chi connectivity index (χ1n) is 11.0. The van der Waals surface area contributed by atoms with Gasteiger partial charge in [-0.1, -0.05) is 26.3 Å². The smallest absolute Gasteiger partial charge is 0.246 e. The van der Waals surface area contributed by atoms with Crippen molar-refractivity contribution in [3.63, 3.8) is 0 Å². The van der Waals surface area contributed by atoms with E-state index in [2.05, 4.69) is 13.8 Å². The molecule has 0 saturated heterocycles. The van der Waals surface area contributed by atoms with E-state index in [0.717, 1.165) is 31.1 Å². The summed E-state index contributed by atoms with van der Waals surface area (Å²) < 4.78 is 0. The number of hydrogen-bond donors (Lipinski definition) is 3. The summed E-state index contributed by atoms with van der Waals surface area (Å²) in [6.45, 7) is 6.44. The van der Waals surface area contributed by atoms with Gasteiger partial charge in [-0.15, -0.1) is 0 Å². The molecule has 3 fully saturated rings. The summed E-state index contributed by atoms with van der Waals surface area (Å²) in [4.78, 5) is 26.0. The Morgan fingerprint density at radius 3 is 2.59 bits per heavy atom. The monoisotopic (exact) mass is 407 g/mol. The van der Waals surface area contributed by atoms with Gasteiger partial charge in [-0.2, -0.15) is 0 Å². The highest BCUT2D eigenvalue weighted by atomic mass is 16.3. The highest BCUT2D eigenvalue weighted by molar-refractivity contribution is 5.88. The summed E-state index contributed by atoms with van der Waals surface area (Å²) in [6, 6.07) is 0. The second kappa shape index (κ2) is 8.12. The Morgan fingerprint density at radius 1 is 1.28 bits per heavy atom. The average Bonchev–Trinajstić information content (AvgIpc) is 2.69. The number of amides is 1. The van der Waals surface area contributed by atoms with E-state index in [0.29, 0.717) is 19.4 Å². The van der Waals surface area contributed by atoms with Crippen LogP contribution in [0.4, 0.5) is 0 Å². The molecule has 29 heavy (non-hydrogen) atoms. The van der Waals surface area contributed by atoms with Crippen LogP contribution in [0.3, 0.4) is 0 Å². The van der Waals surface area contributed by atoms with Crippen molar-refractivity contribution in [1.82, 2.24) is 4.90 Å². The first-order valence-corrected chi connectivity index (χ1v) is 11.0. The minimum Gasteiger partial charge on any atom is -0.395 e. The molecule has 3 aliphatic carbocycles. The van der Waals surface area contributed by atoms with Gasteiger partial charge < -0.3 is 25.0 Å². The number of aliphatic hydroxyl groups excluding tert-OH is 3. The van der Waals surface area contributed by atoms with Crippen LogP contribution in [-0.4, -0.2) is 64.8 Å². The highest BCUT2D eigenvalue weighted by Gasteiger charge is 2.62. The quantitative estimate of drug-likeness (QED) is 0.487. The molecule has 0 aromatic heterocycles. The highest BCUT2D eigenvalue weighted by Crippen LogP contribution is 2.64. The molecule has 164 valence electrons. The zero-order valence-corrected chi connectivity index (χ0v) is 18.2. The lowest BCUT2D eigenvalue weighted by molar-refractivity contribution is -0.192. The minimum atomic E-state index is -0.818. The number of carbonyl (C=O) groups excluding carboxylic acids is 2. The van der Waals surface area contributed by atoms with E-state index in [1.165, 1.54) is 4.90 Å². The molecule has 0 radical (unpaired) electrons. The van der Waals surface area contributed by atoms with Crippen molar-refractivity contribution in [2.45, 2.75) is 65.1 Å². The van der Waals surface area contributed by atoms with Crippen LogP contribution in [0, 0.1) is 34.5 Å². The van der Waals surface area contributed by atoms with Gasteiger partial charge in [0, 0.05) is 19.7 Å². The molecule has 3 rings (SSSR count). The van der Waals surface area contributed by atoms with Crippen LogP contribution in [0.5, 0.6) is 0 Å². The molecule has 0 spiro atoms. The maximum atomic E-state index is 12.4. The molecule has 8 unspecified atom stereocenters. The summed E-state index contributed by atoms with van der Waals surface area (Å²) in [7, 11) is 1.68. The molecule has 0 heterocycles. The third kappa shape index (κ3) is 3.57. The van der Waals surface area contributed by atoms with E-state index in [-0.39, 0.29) is 41.6 Å². The average molecular weight is 408 g/mol. The summed E-state index contributed by atoms with van der Waals surface area (Å²) in [5.74, 6) is 0.256. The van der Waals surface area contributed by atoms with Crippen LogP contribution < -0.4 is 0 Å². The van der Waals surface area contributed by atoms with Crippen molar-refractivity contribution in [2.24, 2.45) is 34.5 Å². The summed E-state index contributed by atoms with van der Waals surface area (Å²) in [5, 5.41) is 30.8. The standard InChI is InChI=1S/C23H37NO5/c1-14-15(11-20(29)24(4)9-10-25)5-6-16-21(14)17(27)12-18-22(16,2)8-7-19(28)23(18,3)13-26/h11,13-14,16-19,21,25,27-28H,5-10,12H2,1-4H3. The van der Waals surface area contributed by atoms with E-state index in [9.17, 15) is 19.8 Å². The topological polar surface area (TPSA) is 98.1 Å². The lowest BCUT2D eigenvalue weighted by Crippen LogP contribution is -2.62. The number of likely N-dealkylation sites (N-methyl/N-ethyl adjacent to an activating group) is 1. The number of aldehydes is 1. The van der Waals surface area contributed by atoms with Crippen LogP contribution in [0.2, 0.25) is 0 Å². The number of rotatable bonds is 4. The normalized spacial score (nSPS) is 46.0. The molecular formula is C23H37NO5. The zero-order valence-electron chi connectivity index (χ0n) is 18.2. The van der Waals surface area contributed by atoms with E-state index in [1.54, 1.807) is 13.1 Å². The first-order chi connectivity index (χ1) is 13.6. The first kappa shape index (κ1) is 22.4. The molecule has 6 heteroatoms. The fraction of sp³-hybridized carbons (Fsp3) is 0.826. The zero-order chi connectivity index (χ0) is 21.6. The van der Waals surface area contributed by atoms with Gasteiger partial charge in [-0.25, -0.2) is 0 Å². The maximum absolute atomic E-state index is 12.4. The lowest BCUT2D eigenvalue weighted by Gasteiger charge is -2.63. The molecule has 3 aliphatic rings. The Hall–Kier alpha value is -1.24. The second-order valence-electron chi connectivity index (χ2n) is 10.1. The fourth-order valence-electron chi connectivity index (χ4n) is 6.84. The SMILES string of the molecule is CC1C(=CC(=O)N(C)CCO)CCC2C1C(O)CC1C(C)(C=O)C(O)CCC21C. The lowest BCUT2D eigenvalue weighted by atomic mass is 9.42. The number of fused-ring (bicyclic) bond motifs is 3. The van der Waals surface area contributed by atoms with Crippen molar-refractivity contribution >= 4 is 12.2 Å². The molecule has 0 aliphatic heterocycles. The van der Waals surface area contributed by atoms with E-state index in [4.69, 9.17) is 5.11 Å². The number of nitrogens with zero attached hydrogens (tertiary/aromatic N) is 1. The molecule has 1 amide bonds. The van der Waals surface area contributed by atoms with Gasteiger partial charge in [-0.05, 0) is 61.2 Å². The van der Waals surface area contributed by atoms with Gasteiger partial charge in [0.25, 0.3) is 0 Å². The molecule has 0 bridgehead atoms. The Kier molecular flexibility index (Phi) is 6.29. The predicted molar refractivity (Wildman–Crippen MR) is 110 cm³/mol. The molecule has 3 saturated carbocycles. The van der Waals surface area contributed by atoms with Gasteiger partial charge in [0.15, 0.2) is 0 Å². The summed E-state index contributed by atoms with van der Waals surface area (Å²) in [6.07, 6.45) is 5.08. The molecule has 0 aromatic carbocycles. The molecular weight excluding hydrogens is 370 g/mol. The number of carbonyl (C=O) groups is 2. The number of aliphatic hydroxyl groups is 3. The minimum absolute atomic E-state index is 0.0393. The van der Waals surface area contributed by atoms with Crippen LogP contribution in [0.15, 0.2) is 11.6 Å². The Labute approximate surface area is 174 Å². The second-order valence-corrected chi connectivity index (χ2v) is 10.1. The molecule has 0 aromatic rings. The van der Waals surface area contributed by atoms with Crippen LogP contribution >= 0.6 is 0 Å². The third-order valence-electron chi connectivity index (χ3n) is 8.74.